The van der Waals surface area contributed by atoms with Crippen LogP contribution in [0.15, 0.2) is 48.5 Å². The number of non-ortho nitro benzene ring substituents is 1. The predicted molar refractivity (Wildman–Crippen MR) is 114 cm³/mol. The molecule has 0 radical (unpaired) electrons. The van der Waals surface area contributed by atoms with E-state index in [0.717, 1.165) is 22.2 Å². The topological polar surface area (TPSA) is 119 Å². The van der Waals surface area contributed by atoms with E-state index in [2.05, 4.69) is 5.32 Å². The van der Waals surface area contributed by atoms with Crippen LogP contribution in [0.25, 0.3) is 0 Å². The van der Waals surface area contributed by atoms with Crippen molar-refractivity contribution < 1.29 is 22.9 Å². The summed E-state index contributed by atoms with van der Waals surface area (Å²) in [5.74, 6) is -0.381. The first kappa shape index (κ1) is 23.1. The third-order valence-corrected chi connectivity index (χ3v) is 5.66. The molecule has 10 heteroatoms. The Morgan fingerprint density at radius 3 is 2.43 bits per heavy atom. The number of sulfonamides is 1. The fourth-order valence-electron chi connectivity index (χ4n) is 3.09. The molecule has 9 nitrogen and oxygen atoms in total. The molecule has 1 amide bonds. The van der Waals surface area contributed by atoms with Gasteiger partial charge in [0, 0.05) is 18.7 Å². The second kappa shape index (κ2) is 10.1. The summed E-state index contributed by atoms with van der Waals surface area (Å²) < 4.78 is 31.3. The van der Waals surface area contributed by atoms with Gasteiger partial charge in [0.25, 0.3) is 5.69 Å². The molecule has 0 heterocycles. The largest absolute Gasteiger partial charge is 0.495 e. The summed E-state index contributed by atoms with van der Waals surface area (Å²) in [5, 5.41) is 14.0. The second-order valence-corrected chi connectivity index (χ2v) is 8.48. The van der Waals surface area contributed by atoms with Crippen LogP contribution in [0.1, 0.15) is 18.9 Å². The van der Waals surface area contributed by atoms with E-state index in [4.69, 9.17) is 4.74 Å². The van der Waals surface area contributed by atoms with Crippen molar-refractivity contribution in [2.75, 3.05) is 24.2 Å². The van der Waals surface area contributed by atoms with Gasteiger partial charge in [-0.1, -0.05) is 37.3 Å². The number of amides is 1. The van der Waals surface area contributed by atoms with E-state index in [9.17, 15) is 23.3 Å². The quantitative estimate of drug-likeness (QED) is 0.452. The summed E-state index contributed by atoms with van der Waals surface area (Å²) in [5.41, 5.74) is 0.671. The average Bonchev–Trinajstić information content (AvgIpc) is 2.71. The van der Waals surface area contributed by atoms with Crippen molar-refractivity contribution in [1.29, 1.82) is 0 Å². The third kappa shape index (κ3) is 5.69. The van der Waals surface area contributed by atoms with Gasteiger partial charge >= 0.3 is 0 Å². The van der Waals surface area contributed by atoms with Crippen LogP contribution in [-0.4, -0.2) is 45.2 Å². The molecular formula is C20H25N3O6S. The smallest absolute Gasteiger partial charge is 0.271 e. The van der Waals surface area contributed by atoms with Gasteiger partial charge in [0.1, 0.15) is 17.5 Å². The number of nitro benzene ring substituents is 1. The molecule has 0 aliphatic carbocycles. The highest BCUT2D eigenvalue weighted by Gasteiger charge is 2.34. The number of carbonyl (C=O) groups excluding carboxylic acids is 1. The Morgan fingerprint density at radius 1 is 1.23 bits per heavy atom. The number of benzene rings is 2. The Bertz CT molecular complexity index is 995. The number of rotatable bonds is 10. The number of hydrogen-bond acceptors (Lipinski definition) is 6. The van der Waals surface area contributed by atoms with Crippen LogP contribution in [0.3, 0.4) is 0 Å². The SMILES string of the molecule is CC[C@H](C(=O)NCCc1ccccc1)N(c1cc([N+](=O)[O-])ccc1OC)S(C)(=O)=O. The molecule has 0 fully saturated rings. The van der Waals surface area contributed by atoms with Crippen molar-refractivity contribution in [3.8, 4) is 5.75 Å². The number of anilines is 1. The van der Waals surface area contributed by atoms with Crippen molar-refractivity contribution in [1.82, 2.24) is 5.32 Å². The zero-order valence-electron chi connectivity index (χ0n) is 17.1. The van der Waals surface area contributed by atoms with Crippen molar-refractivity contribution in [3.05, 3.63) is 64.2 Å². The second-order valence-electron chi connectivity index (χ2n) is 6.62. The Kier molecular flexibility index (Phi) is 7.76. The lowest BCUT2D eigenvalue weighted by Gasteiger charge is -2.31. The van der Waals surface area contributed by atoms with Gasteiger partial charge < -0.3 is 10.1 Å². The monoisotopic (exact) mass is 435 g/mol. The number of nitrogens with one attached hydrogen (secondary N) is 1. The molecule has 0 bridgehead atoms. The lowest BCUT2D eigenvalue weighted by molar-refractivity contribution is -0.384. The molecule has 0 unspecified atom stereocenters. The maximum Gasteiger partial charge on any atom is 0.271 e. The number of nitro groups is 1. The number of carbonyl (C=O) groups is 1. The number of nitrogens with zero attached hydrogens (tertiary/aromatic N) is 2. The molecule has 162 valence electrons. The summed E-state index contributed by atoms with van der Waals surface area (Å²) in [6.07, 6.45) is 1.70. The van der Waals surface area contributed by atoms with Gasteiger partial charge in [-0.15, -0.1) is 0 Å². The lowest BCUT2D eigenvalue weighted by atomic mass is 10.1. The summed E-state index contributed by atoms with van der Waals surface area (Å²) in [4.78, 5) is 23.4. The van der Waals surface area contributed by atoms with E-state index >= 15 is 0 Å². The lowest BCUT2D eigenvalue weighted by Crippen LogP contribution is -2.49. The third-order valence-electron chi connectivity index (χ3n) is 4.50. The standard InChI is InChI=1S/C20H25N3O6S/c1-4-17(20(24)21-13-12-15-8-6-5-7-9-15)22(30(3,27)28)18-14-16(23(25)26)10-11-19(18)29-2/h5-11,14,17H,4,12-13H2,1-3H3,(H,21,24)/t17-/m1/s1. The summed E-state index contributed by atoms with van der Waals surface area (Å²) in [6.45, 7) is 1.99. The van der Waals surface area contributed by atoms with Crippen LogP contribution >= 0.6 is 0 Å². The van der Waals surface area contributed by atoms with Crippen LogP contribution in [0.2, 0.25) is 0 Å². The highest BCUT2D eigenvalue weighted by atomic mass is 32.2. The van der Waals surface area contributed by atoms with E-state index in [1.807, 2.05) is 30.3 Å². The van der Waals surface area contributed by atoms with E-state index in [1.165, 1.54) is 19.2 Å². The molecule has 0 saturated heterocycles. The summed E-state index contributed by atoms with van der Waals surface area (Å²) in [6, 6.07) is 12.1. The zero-order valence-corrected chi connectivity index (χ0v) is 17.9. The summed E-state index contributed by atoms with van der Waals surface area (Å²) >= 11 is 0. The first-order valence-electron chi connectivity index (χ1n) is 9.32. The minimum atomic E-state index is -3.96. The van der Waals surface area contributed by atoms with Crippen LogP contribution in [-0.2, 0) is 21.2 Å². The molecule has 1 N–H and O–H groups in total. The molecular weight excluding hydrogens is 410 g/mol. The molecule has 0 aliphatic rings. The molecule has 0 aliphatic heterocycles. The van der Waals surface area contributed by atoms with Gasteiger partial charge in [0.15, 0.2) is 0 Å². The predicted octanol–water partition coefficient (Wildman–Crippen LogP) is 2.51. The van der Waals surface area contributed by atoms with Gasteiger partial charge in [0.05, 0.1) is 18.3 Å². The van der Waals surface area contributed by atoms with Crippen LogP contribution in [0.5, 0.6) is 5.75 Å². The molecule has 1 atom stereocenters. The highest BCUT2D eigenvalue weighted by Crippen LogP contribution is 2.35. The molecule has 0 aromatic heterocycles. The maximum atomic E-state index is 12.9. The Balaban J connectivity index is 2.33. The van der Waals surface area contributed by atoms with E-state index in [-0.39, 0.29) is 23.5 Å². The normalized spacial score (nSPS) is 12.1. The highest BCUT2D eigenvalue weighted by molar-refractivity contribution is 7.92. The van der Waals surface area contributed by atoms with Crippen LogP contribution < -0.4 is 14.4 Å². The van der Waals surface area contributed by atoms with E-state index in [1.54, 1.807) is 6.92 Å². The van der Waals surface area contributed by atoms with Crippen LogP contribution in [0.4, 0.5) is 11.4 Å². The fourth-order valence-corrected chi connectivity index (χ4v) is 4.30. The number of ether oxygens (including phenoxy) is 1. The number of methoxy groups -OCH3 is 1. The van der Waals surface area contributed by atoms with Gasteiger partial charge in [-0.2, -0.15) is 0 Å². The zero-order chi connectivity index (χ0) is 22.3. The Labute approximate surface area is 175 Å². The fraction of sp³-hybridized carbons (Fsp3) is 0.350. The average molecular weight is 436 g/mol. The van der Waals surface area contributed by atoms with Crippen molar-refractivity contribution >= 4 is 27.3 Å². The van der Waals surface area contributed by atoms with E-state index in [0.29, 0.717) is 13.0 Å². The van der Waals surface area contributed by atoms with Gasteiger partial charge in [-0.3, -0.25) is 19.2 Å². The number of hydrogen-bond donors (Lipinski definition) is 1. The van der Waals surface area contributed by atoms with Gasteiger partial charge in [0.2, 0.25) is 15.9 Å². The van der Waals surface area contributed by atoms with Gasteiger partial charge in [-0.25, -0.2) is 8.42 Å². The maximum absolute atomic E-state index is 12.9. The molecule has 2 aromatic rings. The molecule has 2 aromatic carbocycles. The van der Waals surface area contributed by atoms with E-state index < -0.39 is 26.9 Å². The van der Waals surface area contributed by atoms with Crippen LogP contribution in [0, 0.1) is 10.1 Å². The molecule has 30 heavy (non-hydrogen) atoms. The first-order chi connectivity index (χ1) is 14.2. The minimum absolute atomic E-state index is 0.0562. The van der Waals surface area contributed by atoms with Crippen molar-refractivity contribution in [2.24, 2.45) is 0 Å². The van der Waals surface area contributed by atoms with Crippen molar-refractivity contribution in [2.45, 2.75) is 25.8 Å². The van der Waals surface area contributed by atoms with Gasteiger partial charge in [-0.05, 0) is 24.5 Å². The van der Waals surface area contributed by atoms with Crippen molar-refractivity contribution in [3.63, 3.8) is 0 Å². The Morgan fingerprint density at radius 2 is 1.90 bits per heavy atom. The molecule has 2 rings (SSSR count). The molecule has 0 saturated carbocycles. The summed E-state index contributed by atoms with van der Waals surface area (Å²) in [7, 11) is -2.63. The Hall–Kier alpha value is -3.14. The minimum Gasteiger partial charge on any atom is -0.495 e. The molecule has 0 spiro atoms. The first-order valence-corrected chi connectivity index (χ1v) is 11.2.